The fraction of sp³-hybridized carbons (Fsp3) is 0.192. The summed E-state index contributed by atoms with van der Waals surface area (Å²) in [6, 6.07) is 16.9. The first kappa shape index (κ1) is 26.1. The summed E-state index contributed by atoms with van der Waals surface area (Å²) < 4.78 is 16.2. The smallest absolute Gasteiger partial charge is 0.345 e. The molecule has 0 aliphatic carbocycles. The van der Waals surface area contributed by atoms with E-state index in [4.69, 9.17) is 37.4 Å². The lowest BCUT2D eigenvalue weighted by molar-refractivity contribution is -0.123. The van der Waals surface area contributed by atoms with E-state index in [0.717, 1.165) is 0 Å². The van der Waals surface area contributed by atoms with Gasteiger partial charge in [0.1, 0.15) is 5.75 Å². The number of ether oxygens (including phenoxy) is 3. The molecule has 7 nitrogen and oxygen atoms in total. The van der Waals surface area contributed by atoms with Crippen LogP contribution in [0.4, 0.5) is 0 Å². The Labute approximate surface area is 213 Å². The van der Waals surface area contributed by atoms with Gasteiger partial charge in [0.2, 0.25) is 0 Å². The summed E-state index contributed by atoms with van der Waals surface area (Å²) in [7, 11) is 1.44. The van der Waals surface area contributed by atoms with E-state index in [9.17, 15) is 9.59 Å². The number of esters is 1. The largest absolute Gasteiger partial charge is 0.493 e. The summed E-state index contributed by atoms with van der Waals surface area (Å²) in [6.07, 6.45) is 1.43. The second-order valence-electron chi connectivity index (χ2n) is 7.73. The van der Waals surface area contributed by atoms with Crippen LogP contribution in [0, 0.1) is 0 Å². The molecule has 0 fully saturated rings. The van der Waals surface area contributed by atoms with Crippen LogP contribution in [0.5, 0.6) is 17.2 Å². The number of hydrazone groups is 1. The summed E-state index contributed by atoms with van der Waals surface area (Å²) in [5, 5.41) is 4.51. The van der Waals surface area contributed by atoms with E-state index in [1.807, 2.05) is 24.3 Å². The number of rotatable bonds is 9. The van der Waals surface area contributed by atoms with Crippen molar-refractivity contribution >= 4 is 41.3 Å². The first-order valence-electron chi connectivity index (χ1n) is 10.7. The summed E-state index contributed by atoms with van der Waals surface area (Å²) >= 11 is 11.9. The van der Waals surface area contributed by atoms with E-state index >= 15 is 0 Å². The van der Waals surface area contributed by atoms with E-state index < -0.39 is 11.9 Å². The third-order valence-electron chi connectivity index (χ3n) is 4.86. The van der Waals surface area contributed by atoms with Crippen molar-refractivity contribution in [3.05, 3.63) is 87.4 Å². The molecule has 0 saturated carbocycles. The van der Waals surface area contributed by atoms with Crippen LogP contribution in [0.1, 0.15) is 41.3 Å². The van der Waals surface area contributed by atoms with Crippen LogP contribution in [0.2, 0.25) is 10.0 Å². The van der Waals surface area contributed by atoms with E-state index in [2.05, 4.69) is 24.4 Å². The fourth-order valence-corrected chi connectivity index (χ4v) is 3.45. The van der Waals surface area contributed by atoms with Crippen molar-refractivity contribution in [1.82, 2.24) is 5.43 Å². The van der Waals surface area contributed by atoms with Crippen molar-refractivity contribution in [2.75, 3.05) is 13.7 Å². The molecule has 0 heterocycles. The third kappa shape index (κ3) is 7.47. The molecule has 3 aromatic carbocycles. The number of carbonyl (C=O) groups is 2. The Morgan fingerprint density at radius 1 is 1.00 bits per heavy atom. The summed E-state index contributed by atoms with van der Waals surface area (Å²) in [6.45, 7) is 4.03. The molecule has 182 valence electrons. The minimum Gasteiger partial charge on any atom is -0.493 e. The number of hydrogen-bond acceptors (Lipinski definition) is 6. The van der Waals surface area contributed by atoms with Gasteiger partial charge in [0.15, 0.2) is 18.1 Å². The molecule has 0 saturated heterocycles. The molecular formula is C26H24Cl2N2O5. The van der Waals surface area contributed by atoms with Gasteiger partial charge in [0, 0.05) is 5.02 Å². The van der Waals surface area contributed by atoms with Gasteiger partial charge in [0.05, 0.1) is 23.9 Å². The standard InChI is InChI=1S/C26H24Cl2N2O5/c1-16(2)18-5-8-20(9-6-18)34-15-25(31)30-29-14-17-4-11-23(24(12-17)33-3)35-26(32)21-10-7-19(27)13-22(21)28/h4-14,16H,15H2,1-3H3,(H,30,31)/b29-14-. The van der Waals surface area contributed by atoms with Crippen LogP contribution >= 0.6 is 23.2 Å². The topological polar surface area (TPSA) is 86.2 Å². The Balaban J connectivity index is 1.55. The number of methoxy groups -OCH3 is 1. The maximum absolute atomic E-state index is 12.5. The fourth-order valence-electron chi connectivity index (χ4n) is 2.97. The number of benzene rings is 3. The second-order valence-corrected chi connectivity index (χ2v) is 8.57. The summed E-state index contributed by atoms with van der Waals surface area (Å²) in [5.41, 5.74) is 4.37. The number of nitrogens with zero attached hydrogens (tertiary/aromatic N) is 1. The number of amides is 1. The highest BCUT2D eigenvalue weighted by Gasteiger charge is 2.16. The zero-order chi connectivity index (χ0) is 25.4. The predicted molar refractivity (Wildman–Crippen MR) is 136 cm³/mol. The highest BCUT2D eigenvalue weighted by Crippen LogP contribution is 2.30. The lowest BCUT2D eigenvalue weighted by atomic mass is 10.0. The lowest BCUT2D eigenvalue weighted by Crippen LogP contribution is -2.24. The third-order valence-corrected chi connectivity index (χ3v) is 5.41. The predicted octanol–water partition coefficient (Wildman–Crippen LogP) is 5.87. The van der Waals surface area contributed by atoms with Crippen molar-refractivity contribution < 1.29 is 23.8 Å². The molecule has 9 heteroatoms. The Hall–Kier alpha value is -3.55. The van der Waals surface area contributed by atoms with Crippen molar-refractivity contribution in [2.24, 2.45) is 5.10 Å². The van der Waals surface area contributed by atoms with E-state index in [1.165, 1.54) is 31.0 Å². The van der Waals surface area contributed by atoms with E-state index in [-0.39, 0.29) is 22.9 Å². The first-order chi connectivity index (χ1) is 16.8. The lowest BCUT2D eigenvalue weighted by Gasteiger charge is -2.11. The van der Waals surface area contributed by atoms with Crippen molar-refractivity contribution in [2.45, 2.75) is 19.8 Å². The number of halogens is 2. The van der Waals surface area contributed by atoms with Crippen LogP contribution in [0.3, 0.4) is 0 Å². The Morgan fingerprint density at radius 2 is 1.74 bits per heavy atom. The van der Waals surface area contributed by atoms with E-state index in [1.54, 1.807) is 24.3 Å². The molecule has 0 unspecified atom stereocenters. The first-order valence-corrected chi connectivity index (χ1v) is 11.4. The summed E-state index contributed by atoms with van der Waals surface area (Å²) in [4.78, 5) is 24.5. The van der Waals surface area contributed by atoms with Gasteiger partial charge in [-0.15, -0.1) is 0 Å². The minimum absolute atomic E-state index is 0.171. The van der Waals surface area contributed by atoms with Crippen molar-refractivity contribution in [3.63, 3.8) is 0 Å². The molecule has 1 amide bonds. The molecule has 0 atom stereocenters. The second kappa shape index (κ2) is 12.2. The molecule has 0 radical (unpaired) electrons. The molecule has 1 N–H and O–H groups in total. The molecular weight excluding hydrogens is 491 g/mol. The Morgan fingerprint density at radius 3 is 2.40 bits per heavy atom. The van der Waals surface area contributed by atoms with Crippen LogP contribution in [0.15, 0.2) is 65.8 Å². The molecule has 0 aliphatic heterocycles. The van der Waals surface area contributed by atoms with Gasteiger partial charge >= 0.3 is 5.97 Å². The number of nitrogens with one attached hydrogen (secondary N) is 1. The van der Waals surface area contributed by atoms with Gasteiger partial charge in [-0.3, -0.25) is 4.79 Å². The quantitative estimate of drug-likeness (QED) is 0.167. The zero-order valence-electron chi connectivity index (χ0n) is 19.4. The van der Waals surface area contributed by atoms with Crippen molar-refractivity contribution in [3.8, 4) is 17.2 Å². The summed E-state index contributed by atoms with van der Waals surface area (Å²) in [5.74, 6) is 0.448. The average molecular weight is 515 g/mol. The van der Waals surface area contributed by atoms with Gasteiger partial charge in [-0.2, -0.15) is 5.10 Å². The monoisotopic (exact) mass is 514 g/mol. The molecule has 3 rings (SSSR count). The van der Waals surface area contributed by atoms with Gasteiger partial charge < -0.3 is 14.2 Å². The van der Waals surface area contributed by atoms with Crippen LogP contribution in [0.25, 0.3) is 0 Å². The van der Waals surface area contributed by atoms with Gasteiger partial charge in [-0.1, -0.05) is 49.2 Å². The van der Waals surface area contributed by atoms with Crippen LogP contribution < -0.4 is 19.6 Å². The molecule has 3 aromatic rings. The Kier molecular flexibility index (Phi) is 9.11. The Bertz CT molecular complexity index is 1230. The molecule has 0 aliphatic rings. The molecule has 35 heavy (non-hydrogen) atoms. The van der Waals surface area contributed by atoms with Gasteiger partial charge in [-0.05, 0) is 65.6 Å². The van der Waals surface area contributed by atoms with Gasteiger partial charge in [-0.25, -0.2) is 10.2 Å². The van der Waals surface area contributed by atoms with E-state index in [0.29, 0.717) is 28.0 Å². The van der Waals surface area contributed by atoms with Crippen molar-refractivity contribution in [1.29, 1.82) is 0 Å². The molecule has 0 aromatic heterocycles. The highest BCUT2D eigenvalue weighted by molar-refractivity contribution is 6.36. The minimum atomic E-state index is -0.655. The number of hydrogen-bond donors (Lipinski definition) is 1. The zero-order valence-corrected chi connectivity index (χ0v) is 20.9. The number of carbonyl (C=O) groups excluding carboxylic acids is 2. The van der Waals surface area contributed by atoms with Gasteiger partial charge in [0.25, 0.3) is 5.91 Å². The molecule has 0 bridgehead atoms. The maximum Gasteiger partial charge on any atom is 0.345 e. The molecule has 0 spiro atoms. The van der Waals surface area contributed by atoms with Crippen LogP contribution in [-0.4, -0.2) is 31.8 Å². The normalized spacial score (nSPS) is 10.9. The maximum atomic E-state index is 12.5. The highest BCUT2D eigenvalue weighted by atomic mass is 35.5. The van der Waals surface area contributed by atoms with Crippen LogP contribution in [-0.2, 0) is 4.79 Å². The SMILES string of the molecule is COc1cc(/C=N\NC(=O)COc2ccc(C(C)C)cc2)ccc1OC(=O)c1ccc(Cl)cc1Cl. The average Bonchev–Trinajstić information content (AvgIpc) is 2.83.